The molecule has 0 atom stereocenters. The first-order valence-corrected chi connectivity index (χ1v) is 3.50. The molecular formula is C9H6FO2. The summed E-state index contributed by atoms with van der Waals surface area (Å²) in [5, 5.41) is 0. The van der Waals surface area contributed by atoms with E-state index in [0.717, 1.165) is 5.56 Å². The predicted octanol–water partition coefficient (Wildman–Crippen LogP) is 2.34. The molecule has 0 spiro atoms. The zero-order valence-corrected chi connectivity index (χ0v) is 6.43. The Hall–Kier alpha value is -1.51. The normalized spacial score (nSPS) is 14.0. The summed E-state index contributed by atoms with van der Waals surface area (Å²) in [6, 6.07) is 4.49. The Balaban J connectivity index is 2.49. The lowest BCUT2D eigenvalue weighted by molar-refractivity contribution is 0.229. The summed E-state index contributed by atoms with van der Waals surface area (Å²) in [7, 11) is 0. The molecule has 0 N–H and O–H groups in total. The fraction of sp³-hybridized carbons (Fsp3) is 0.111. The number of hydrogen-bond donors (Lipinski definition) is 0. The van der Waals surface area contributed by atoms with Crippen LogP contribution in [0.5, 0.6) is 11.5 Å². The lowest BCUT2D eigenvalue weighted by atomic mass is 10.2. The molecule has 1 aromatic rings. The highest BCUT2D eigenvalue weighted by Crippen LogP contribution is 2.34. The maximum Gasteiger partial charge on any atom is 0.326 e. The van der Waals surface area contributed by atoms with Crippen LogP contribution in [0, 0.1) is 13.2 Å². The van der Waals surface area contributed by atoms with Crippen molar-refractivity contribution in [3.63, 3.8) is 0 Å². The average Bonchev–Trinajstić information content (AvgIpc) is 2.07. The molecule has 0 amide bonds. The van der Waals surface area contributed by atoms with E-state index in [-0.39, 0.29) is 0 Å². The van der Waals surface area contributed by atoms with Crippen molar-refractivity contribution < 1.29 is 13.9 Å². The number of para-hydroxylation sites is 1. The summed E-state index contributed by atoms with van der Waals surface area (Å²) in [4.78, 5) is 0. The van der Waals surface area contributed by atoms with E-state index in [1.54, 1.807) is 6.07 Å². The molecule has 0 bridgehead atoms. The number of benzene rings is 1. The zero-order valence-electron chi connectivity index (χ0n) is 6.43. The van der Waals surface area contributed by atoms with Gasteiger partial charge in [-0.25, -0.2) is 0 Å². The minimum absolute atomic E-state index is 0.425. The Morgan fingerprint density at radius 1 is 1.42 bits per heavy atom. The third-order valence-electron chi connectivity index (χ3n) is 1.61. The molecule has 0 aliphatic carbocycles. The van der Waals surface area contributed by atoms with Crippen molar-refractivity contribution in [1.29, 1.82) is 0 Å². The molecule has 1 radical (unpaired) electrons. The maximum atomic E-state index is 12.5. The van der Waals surface area contributed by atoms with Crippen LogP contribution in [0.1, 0.15) is 5.56 Å². The van der Waals surface area contributed by atoms with E-state index in [4.69, 9.17) is 9.47 Å². The van der Waals surface area contributed by atoms with Gasteiger partial charge in [0, 0.05) is 0 Å². The van der Waals surface area contributed by atoms with Crippen molar-refractivity contribution in [2.75, 3.05) is 0 Å². The van der Waals surface area contributed by atoms with Crippen molar-refractivity contribution in [1.82, 2.24) is 0 Å². The molecule has 0 saturated carbocycles. The van der Waals surface area contributed by atoms with Gasteiger partial charge >= 0.3 is 6.01 Å². The molecule has 0 aromatic heterocycles. The number of aryl methyl sites for hydroxylation is 1. The minimum Gasteiger partial charge on any atom is -0.443 e. The van der Waals surface area contributed by atoms with Gasteiger partial charge in [0.1, 0.15) is 0 Å². The Labute approximate surface area is 69.2 Å². The van der Waals surface area contributed by atoms with Crippen molar-refractivity contribution in [3.8, 4) is 11.5 Å². The fourth-order valence-corrected chi connectivity index (χ4v) is 1.04. The third kappa shape index (κ3) is 1.03. The van der Waals surface area contributed by atoms with Gasteiger partial charge in [0.2, 0.25) is 6.26 Å². The number of hydrogen-bond acceptors (Lipinski definition) is 2. The topological polar surface area (TPSA) is 18.5 Å². The van der Waals surface area contributed by atoms with Gasteiger partial charge in [-0.2, -0.15) is 4.39 Å². The van der Waals surface area contributed by atoms with Crippen LogP contribution in [0.3, 0.4) is 0 Å². The Morgan fingerprint density at radius 3 is 3.08 bits per heavy atom. The number of ether oxygens (including phenoxy) is 2. The van der Waals surface area contributed by atoms with Crippen LogP contribution in [0.4, 0.5) is 4.39 Å². The van der Waals surface area contributed by atoms with Crippen LogP contribution in [0.2, 0.25) is 0 Å². The Kier molecular flexibility index (Phi) is 1.50. The molecule has 61 valence electrons. The third-order valence-corrected chi connectivity index (χ3v) is 1.61. The summed E-state index contributed by atoms with van der Waals surface area (Å²) in [6.07, 6.45) is 1.99. The van der Waals surface area contributed by atoms with E-state index >= 15 is 0 Å². The summed E-state index contributed by atoms with van der Waals surface area (Å²) >= 11 is 0. The lowest BCUT2D eigenvalue weighted by Crippen LogP contribution is -2.02. The summed E-state index contributed by atoms with van der Waals surface area (Å²) < 4.78 is 22.1. The highest BCUT2D eigenvalue weighted by Gasteiger charge is 2.15. The first kappa shape index (κ1) is 7.16. The first-order valence-electron chi connectivity index (χ1n) is 3.50. The molecule has 0 fully saturated rings. The largest absolute Gasteiger partial charge is 0.443 e. The van der Waals surface area contributed by atoms with E-state index in [1.165, 1.54) is 0 Å². The maximum absolute atomic E-state index is 12.5. The molecule has 3 heteroatoms. The van der Waals surface area contributed by atoms with Crippen LogP contribution in [-0.2, 0) is 0 Å². The van der Waals surface area contributed by atoms with Crippen LogP contribution < -0.4 is 9.47 Å². The number of fused-ring (bicyclic) bond motifs is 1. The molecule has 0 unspecified atom stereocenters. The average molecular weight is 165 g/mol. The SMILES string of the molecule is Cc1cccc2c1OC(F)=[C]O2. The van der Waals surface area contributed by atoms with Gasteiger partial charge < -0.3 is 9.47 Å². The lowest BCUT2D eigenvalue weighted by Gasteiger charge is -2.14. The van der Waals surface area contributed by atoms with E-state index in [1.807, 2.05) is 25.3 Å². The molecule has 1 aromatic carbocycles. The summed E-state index contributed by atoms with van der Waals surface area (Å²) in [5.41, 5.74) is 0.837. The number of rotatable bonds is 0. The van der Waals surface area contributed by atoms with E-state index in [9.17, 15) is 4.39 Å². The van der Waals surface area contributed by atoms with Crippen LogP contribution in [0.25, 0.3) is 0 Å². The van der Waals surface area contributed by atoms with Crippen molar-refractivity contribution in [2.24, 2.45) is 0 Å². The van der Waals surface area contributed by atoms with Gasteiger partial charge in [0.05, 0.1) is 0 Å². The second-order valence-electron chi connectivity index (χ2n) is 2.48. The zero-order chi connectivity index (χ0) is 8.55. The molecule has 0 saturated heterocycles. The van der Waals surface area contributed by atoms with E-state index < -0.39 is 6.01 Å². The van der Waals surface area contributed by atoms with E-state index in [2.05, 4.69) is 0 Å². The van der Waals surface area contributed by atoms with Crippen LogP contribution in [-0.4, -0.2) is 0 Å². The first-order chi connectivity index (χ1) is 5.77. The molecule has 1 heterocycles. The molecule has 1 aliphatic heterocycles. The molecule has 2 rings (SSSR count). The summed E-state index contributed by atoms with van der Waals surface area (Å²) in [6.45, 7) is 1.82. The van der Waals surface area contributed by atoms with Crippen molar-refractivity contribution in [2.45, 2.75) is 6.92 Å². The molecule has 1 aliphatic rings. The van der Waals surface area contributed by atoms with Gasteiger partial charge in [0.25, 0.3) is 0 Å². The second kappa shape index (κ2) is 2.52. The fourth-order valence-electron chi connectivity index (χ4n) is 1.04. The second-order valence-corrected chi connectivity index (χ2v) is 2.48. The standard InChI is InChI=1S/C9H6FO2/c1-6-3-2-4-7-9(6)12-8(10)5-11-7/h2-4H,1H3. The highest BCUT2D eigenvalue weighted by atomic mass is 19.1. The number of halogens is 1. The smallest absolute Gasteiger partial charge is 0.326 e. The van der Waals surface area contributed by atoms with Gasteiger partial charge in [0.15, 0.2) is 11.5 Å². The van der Waals surface area contributed by atoms with Crippen molar-refractivity contribution in [3.05, 3.63) is 36.0 Å². The molecule has 12 heavy (non-hydrogen) atoms. The van der Waals surface area contributed by atoms with Crippen LogP contribution in [0.15, 0.2) is 24.2 Å². The Morgan fingerprint density at radius 2 is 2.25 bits per heavy atom. The predicted molar refractivity (Wildman–Crippen MR) is 40.3 cm³/mol. The quantitative estimate of drug-likeness (QED) is 0.587. The van der Waals surface area contributed by atoms with Gasteiger partial charge in [-0.15, -0.1) is 0 Å². The molecular weight excluding hydrogens is 159 g/mol. The van der Waals surface area contributed by atoms with Gasteiger partial charge in [-0.3, -0.25) is 0 Å². The highest BCUT2D eigenvalue weighted by molar-refractivity contribution is 5.47. The van der Waals surface area contributed by atoms with Crippen molar-refractivity contribution >= 4 is 0 Å². The summed E-state index contributed by atoms with van der Waals surface area (Å²) in [5.74, 6) is 0.921. The van der Waals surface area contributed by atoms with Gasteiger partial charge in [-0.1, -0.05) is 12.1 Å². The molecule has 2 nitrogen and oxygen atoms in total. The monoisotopic (exact) mass is 165 g/mol. The van der Waals surface area contributed by atoms with E-state index in [0.29, 0.717) is 11.5 Å². The van der Waals surface area contributed by atoms with Gasteiger partial charge in [-0.05, 0) is 18.6 Å². The minimum atomic E-state index is -0.836. The Bertz CT molecular complexity index is 344. The van der Waals surface area contributed by atoms with Crippen LogP contribution >= 0.6 is 0 Å².